The molecule has 1 saturated carbocycles. The average molecular weight is 278 g/mol. The number of rotatable bonds is 2. The maximum Gasteiger partial charge on any atom is 0.243 e. The third-order valence-corrected chi connectivity index (χ3v) is 6.69. The molecule has 2 atom stereocenters. The van der Waals surface area contributed by atoms with Crippen molar-refractivity contribution in [2.45, 2.75) is 43.3 Å². The number of hydrogen-bond acceptors (Lipinski definition) is 3. The third kappa shape index (κ3) is 1.75. The van der Waals surface area contributed by atoms with Gasteiger partial charge in [0.2, 0.25) is 10.0 Å². The number of fused-ring (bicyclic) bond motifs is 3. The van der Waals surface area contributed by atoms with E-state index < -0.39 is 10.0 Å². The van der Waals surface area contributed by atoms with E-state index in [9.17, 15) is 8.42 Å². The van der Waals surface area contributed by atoms with Crippen LogP contribution in [0.4, 0.5) is 0 Å². The van der Waals surface area contributed by atoms with Gasteiger partial charge in [-0.15, -0.1) is 0 Å². The van der Waals surface area contributed by atoms with Crippen LogP contribution in [0.15, 0.2) is 23.1 Å². The Morgan fingerprint density at radius 2 is 2.00 bits per heavy atom. The van der Waals surface area contributed by atoms with Gasteiger partial charge in [0.15, 0.2) is 0 Å². The molecule has 0 amide bonds. The van der Waals surface area contributed by atoms with Crippen LogP contribution in [0.3, 0.4) is 0 Å². The molecule has 5 heteroatoms. The molecule has 2 bridgehead atoms. The van der Waals surface area contributed by atoms with Gasteiger partial charge in [0.25, 0.3) is 0 Å². The van der Waals surface area contributed by atoms with Crippen LogP contribution >= 0.6 is 0 Å². The minimum absolute atomic E-state index is 0.251. The molecular formula is C14H18N2O2S. The van der Waals surface area contributed by atoms with Gasteiger partial charge in [-0.3, -0.25) is 0 Å². The SMILES string of the molecule is O=S(=O)(c1ccc2c(c1)CNC2)N1CC2CCC1C2. The van der Waals surface area contributed by atoms with E-state index in [1.54, 1.807) is 10.4 Å². The van der Waals surface area contributed by atoms with Crippen molar-refractivity contribution in [3.63, 3.8) is 0 Å². The Hall–Kier alpha value is -0.910. The second-order valence-electron chi connectivity index (χ2n) is 5.94. The molecule has 0 spiro atoms. The second kappa shape index (κ2) is 4.04. The second-order valence-corrected chi connectivity index (χ2v) is 7.83. The van der Waals surface area contributed by atoms with Crippen LogP contribution in [-0.2, 0) is 23.1 Å². The number of nitrogens with zero attached hydrogens (tertiary/aromatic N) is 1. The number of piperidine rings is 1. The van der Waals surface area contributed by atoms with Gasteiger partial charge in [-0.1, -0.05) is 6.07 Å². The standard InChI is InChI=1S/C14H18N2O2S/c17-19(18,16-9-10-1-3-13(16)5-10)14-4-2-11-7-15-8-12(11)6-14/h2,4,6,10,13,15H,1,3,5,7-9H2. The minimum Gasteiger partial charge on any atom is -0.309 e. The van der Waals surface area contributed by atoms with Crippen molar-refractivity contribution < 1.29 is 8.42 Å². The molecule has 2 aliphatic heterocycles. The van der Waals surface area contributed by atoms with E-state index in [-0.39, 0.29) is 6.04 Å². The molecule has 0 aromatic heterocycles. The van der Waals surface area contributed by atoms with Gasteiger partial charge in [0, 0.05) is 25.7 Å². The highest BCUT2D eigenvalue weighted by molar-refractivity contribution is 7.89. The molecule has 102 valence electrons. The van der Waals surface area contributed by atoms with E-state index in [0.29, 0.717) is 10.8 Å². The molecule has 1 saturated heterocycles. The van der Waals surface area contributed by atoms with E-state index >= 15 is 0 Å². The highest BCUT2D eigenvalue weighted by Crippen LogP contribution is 2.40. The molecule has 1 aromatic rings. The van der Waals surface area contributed by atoms with Gasteiger partial charge in [-0.2, -0.15) is 4.31 Å². The summed E-state index contributed by atoms with van der Waals surface area (Å²) in [6, 6.07) is 5.83. The van der Waals surface area contributed by atoms with Crippen LogP contribution in [0.25, 0.3) is 0 Å². The zero-order valence-corrected chi connectivity index (χ0v) is 11.6. The summed E-state index contributed by atoms with van der Waals surface area (Å²) in [7, 11) is -3.29. The first-order valence-electron chi connectivity index (χ1n) is 6.99. The maximum atomic E-state index is 12.7. The normalized spacial score (nSPS) is 29.9. The molecule has 4 nitrogen and oxygen atoms in total. The first-order chi connectivity index (χ1) is 9.14. The fourth-order valence-corrected chi connectivity index (χ4v) is 5.53. The lowest BCUT2D eigenvalue weighted by atomic mass is 10.1. The monoisotopic (exact) mass is 278 g/mol. The molecule has 19 heavy (non-hydrogen) atoms. The minimum atomic E-state index is -3.29. The Morgan fingerprint density at radius 1 is 1.16 bits per heavy atom. The number of hydrogen-bond donors (Lipinski definition) is 1. The van der Waals surface area contributed by atoms with Gasteiger partial charge in [-0.25, -0.2) is 8.42 Å². The van der Waals surface area contributed by atoms with E-state index in [4.69, 9.17) is 0 Å². The Kier molecular flexibility index (Phi) is 2.53. The number of sulfonamides is 1. The van der Waals surface area contributed by atoms with Crippen molar-refractivity contribution in [3.05, 3.63) is 29.3 Å². The Labute approximate surface area is 113 Å². The molecule has 1 N–H and O–H groups in total. The van der Waals surface area contributed by atoms with Gasteiger partial charge >= 0.3 is 0 Å². The molecule has 2 heterocycles. The lowest BCUT2D eigenvalue weighted by Crippen LogP contribution is -2.37. The summed E-state index contributed by atoms with van der Waals surface area (Å²) in [6.45, 7) is 2.36. The summed E-state index contributed by atoms with van der Waals surface area (Å²) in [6.07, 6.45) is 3.30. The quantitative estimate of drug-likeness (QED) is 0.891. The van der Waals surface area contributed by atoms with Crippen molar-refractivity contribution in [2.24, 2.45) is 5.92 Å². The molecule has 3 aliphatic rings. The summed E-state index contributed by atoms with van der Waals surface area (Å²) in [5.74, 6) is 0.593. The number of nitrogens with one attached hydrogen (secondary N) is 1. The molecule has 1 aliphatic carbocycles. The van der Waals surface area contributed by atoms with Crippen LogP contribution < -0.4 is 5.32 Å². The predicted octanol–water partition coefficient (Wildman–Crippen LogP) is 1.46. The van der Waals surface area contributed by atoms with Crippen LogP contribution in [0.1, 0.15) is 30.4 Å². The summed E-state index contributed by atoms with van der Waals surface area (Å²) >= 11 is 0. The van der Waals surface area contributed by atoms with Crippen molar-refractivity contribution in [2.75, 3.05) is 6.54 Å². The van der Waals surface area contributed by atoms with Crippen LogP contribution in [-0.4, -0.2) is 25.3 Å². The largest absolute Gasteiger partial charge is 0.309 e. The molecule has 0 radical (unpaired) electrons. The summed E-state index contributed by atoms with van der Waals surface area (Å²) in [4.78, 5) is 0.475. The van der Waals surface area contributed by atoms with Gasteiger partial charge in [-0.05, 0) is 48.4 Å². The zero-order chi connectivity index (χ0) is 13.0. The topological polar surface area (TPSA) is 49.4 Å². The van der Waals surface area contributed by atoms with E-state index in [2.05, 4.69) is 5.32 Å². The molecule has 1 aromatic carbocycles. The molecular weight excluding hydrogens is 260 g/mol. The van der Waals surface area contributed by atoms with Crippen LogP contribution in [0.2, 0.25) is 0 Å². The van der Waals surface area contributed by atoms with Crippen molar-refractivity contribution in [1.82, 2.24) is 9.62 Å². The van der Waals surface area contributed by atoms with Crippen molar-refractivity contribution in [1.29, 1.82) is 0 Å². The van der Waals surface area contributed by atoms with E-state index in [1.165, 1.54) is 12.0 Å². The Bertz CT molecular complexity index is 626. The first kappa shape index (κ1) is 11.9. The zero-order valence-electron chi connectivity index (χ0n) is 10.8. The molecule has 2 unspecified atom stereocenters. The van der Waals surface area contributed by atoms with Crippen LogP contribution in [0, 0.1) is 5.92 Å². The maximum absolute atomic E-state index is 12.7. The average Bonchev–Trinajstić information content (AvgIpc) is 3.13. The highest BCUT2D eigenvalue weighted by Gasteiger charge is 2.44. The van der Waals surface area contributed by atoms with E-state index in [1.807, 2.05) is 12.1 Å². The number of benzene rings is 1. The van der Waals surface area contributed by atoms with Crippen molar-refractivity contribution >= 4 is 10.0 Å². The predicted molar refractivity (Wildman–Crippen MR) is 72.0 cm³/mol. The van der Waals surface area contributed by atoms with Gasteiger partial charge < -0.3 is 5.32 Å². The molecule has 4 rings (SSSR count). The van der Waals surface area contributed by atoms with Gasteiger partial charge in [0.1, 0.15) is 0 Å². The summed E-state index contributed by atoms with van der Waals surface area (Å²) < 4.78 is 27.2. The van der Waals surface area contributed by atoms with Crippen LogP contribution in [0.5, 0.6) is 0 Å². The van der Waals surface area contributed by atoms with Gasteiger partial charge in [0.05, 0.1) is 4.90 Å². The summed E-state index contributed by atoms with van der Waals surface area (Å²) in [5.41, 5.74) is 2.35. The Balaban J connectivity index is 1.71. The summed E-state index contributed by atoms with van der Waals surface area (Å²) in [5, 5.41) is 3.25. The molecule has 2 fully saturated rings. The first-order valence-corrected chi connectivity index (χ1v) is 8.43. The lowest BCUT2D eigenvalue weighted by molar-refractivity contribution is 0.333. The third-order valence-electron chi connectivity index (χ3n) is 4.77. The lowest BCUT2D eigenvalue weighted by Gasteiger charge is -2.26. The fraction of sp³-hybridized carbons (Fsp3) is 0.571. The smallest absolute Gasteiger partial charge is 0.243 e. The van der Waals surface area contributed by atoms with Crippen molar-refractivity contribution in [3.8, 4) is 0 Å². The Morgan fingerprint density at radius 3 is 2.74 bits per heavy atom. The fourth-order valence-electron chi connectivity index (χ4n) is 3.74. The van der Waals surface area contributed by atoms with E-state index in [0.717, 1.165) is 38.0 Å². The highest BCUT2D eigenvalue weighted by atomic mass is 32.2.